The van der Waals surface area contributed by atoms with Gasteiger partial charge in [0.15, 0.2) is 0 Å². The van der Waals surface area contributed by atoms with Gasteiger partial charge in [0.1, 0.15) is 0 Å². The lowest BCUT2D eigenvalue weighted by molar-refractivity contribution is -0.121. The molecule has 88 valence electrons. The van der Waals surface area contributed by atoms with Crippen molar-refractivity contribution in [3.63, 3.8) is 0 Å². The Morgan fingerprint density at radius 1 is 1.35 bits per heavy atom. The van der Waals surface area contributed by atoms with E-state index in [9.17, 15) is 4.79 Å². The Morgan fingerprint density at radius 3 is 2.71 bits per heavy atom. The van der Waals surface area contributed by atoms with Crippen molar-refractivity contribution in [1.82, 2.24) is 5.43 Å². The van der Waals surface area contributed by atoms with Crippen LogP contribution in [0.1, 0.15) is 18.9 Å². The summed E-state index contributed by atoms with van der Waals surface area (Å²) in [6.07, 6.45) is 4.38. The summed E-state index contributed by atoms with van der Waals surface area (Å²) in [5, 5.41) is 4.03. The highest BCUT2D eigenvalue weighted by atomic mass is 16.2. The third-order valence-corrected chi connectivity index (χ3v) is 2.69. The number of nitrogens with two attached hydrogens (primary N) is 1. The summed E-state index contributed by atoms with van der Waals surface area (Å²) in [7, 11) is 0. The number of carbonyl (C=O) groups is 1. The zero-order valence-corrected chi connectivity index (χ0v) is 9.68. The van der Waals surface area contributed by atoms with Crippen molar-refractivity contribution >= 4 is 23.4 Å². The van der Waals surface area contributed by atoms with Gasteiger partial charge in [0.2, 0.25) is 5.91 Å². The number of hydrazone groups is 1. The Bertz CT molecular complexity index is 474. The van der Waals surface area contributed by atoms with E-state index in [-0.39, 0.29) is 11.8 Å². The standard InChI is InChI=1S/C13H15N3O/c1-9-8-13(17)16-15-12(9)7-4-10-2-5-11(14)6-3-10/h2-7,9H,8,14H2,1H3,(H,16,17)/b7-4+. The Labute approximate surface area is 100 Å². The number of nitrogen functional groups attached to an aromatic ring is 1. The van der Waals surface area contributed by atoms with Gasteiger partial charge in [-0.2, -0.15) is 5.10 Å². The van der Waals surface area contributed by atoms with Crippen LogP contribution in [-0.4, -0.2) is 11.6 Å². The molecule has 0 aliphatic carbocycles. The molecule has 0 radical (unpaired) electrons. The predicted octanol–water partition coefficient (Wildman–Crippen LogP) is 1.79. The van der Waals surface area contributed by atoms with Crippen LogP contribution in [0.3, 0.4) is 0 Å². The molecule has 2 rings (SSSR count). The summed E-state index contributed by atoms with van der Waals surface area (Å²) in [5.74, 6) is 0.135. The number of hydrogen-bond donors (Lipinski definition) is 2. The van der Waals surface area contributed by atoms with Gasteiger partial charge in [-0.15, -0.1) is 0 Å². The largest absolute Gasteiger partial charge is 0.399 e. The van der Waals surface area contributed by atoms with Crippen molar-refractivity contribution in [2.24, 2.45) is 11.0 Å². The number of anilines is 1. The van der Waals surface area contributed by atoms with Gasteiger partial charge in [-0.1, -0.05) is 25.1 Å². The van der Waals surface area contributed by atoms with Crippen molar-refractivity contribution < 1.29 is 4.79 Å². The fourth-order valence-electron chi connectivity index (χ4n) is 1.66. The maximum Gasteiger partial charge on any atom is 0.240 e. The van der Waals surface area contributed by atoms with Gasteiger partial charge >= 0.3 is 0 Å². The van der Waals surface area contributed by atoms with Gasteiger partial charge in [-0.3, -0.25) is 4.79 Å². The van der Waals surface area contributed by atoms with E-state index in [1.54, 1.807) is 0 Å². The number of carbonyl (C=O) groups excluding carboxylic acids is 1. The average Bonchev–Trinajstić information content (AvgIpc) is 2.30. The molecule has 1 atom stereocenters. The number of nitrogens with zero attached hydrogens (tertiary/aromatic N) is 1. The van der Waals surface area contributed by atoms with Crippen LogP contribution in [0.5, 0.6) is 0 Å². The minimum atomic E-state index is -0.0258. The third-order valence-electron chi connectivity index (χ3n) is 2.69. The average molecular weight is 229 g/mol. The summed E-state index contributed by atoms with van der Waals surface area (Å²) in [6, 6.07) is 7.60. The van der Waals surface area contributed by atoms with Gasteiger partial charge in [0.05, 0.1) is 5.71 Å². The second kappa shape index (κ2) is 4.82. The number of allylic oxidation sites excluding steroid dienone is 1. The summed E-state index contributed by atoms with van der Waals surface area (Å²) < 4.78 is 0. The second-order valence-electron chi connectivity index (χ2n) is 4.18. The number of rotatable bonds is 2. The van der Waals surface area contributed by atoms with Crippen LogP contribution < -0.4 is 11.2 Å². The first kappa shape index (κ1) is 11.4. The molecule has 1 aliphatic rings. The van der Waals surface area contributed by atoms with Crippen LogP contribution in [0.25, 0.3) is 6.08 Å². The molecule has 4 nitrogen and oxygen atoms in total. The van der Waals surface area contributed by atoms with E-state index in [4.69, 9.17) is 5.73 Å². The second-order valence-corrected chi connectivity index (χ2v) is 4.18. The van der Waals surface area contributed by atoms with Gasteiger partial charge in [0, 0.05) is 18.0 Å². The molecule has 1 aliphatic heterocycles. The predicted molar refractivity (Wildman–Crippen MR) is 69.2 cm³/mol. The molecule has 0 bridgehead atoms. The summed E-state index contributed by atoms with van der Waals surface area (Å²) >= 11 is 0. The van der Waals surface area contributed by atoms with E-state index in [2.05, 4.69) is 10.5 Å². The lowest BCUT2D eigenvalue weighted by Gasteiger charge is -2.15. The first-order valence-corrected chi connectivity index (χ1v) is 5.55. The molecular formula is C13H15N3O. The minimum absolute atomic E-state index is 0.0258. The van der Waals surface area contributed by atoms with Crippen LogP contribution in [0.4, 0.5) is 5.69 Å². The van der Waals surface area contributed by atoms with Gasteiger partial charge < -0.3 is 5.73 Å². The van der Waals surface area contributed by atoms with Crippen LogP contribution in [-0.2, 0) is 4.79 Å². The molecule has 4 heteroatoms. The summed E-state index contributed by atoms with van der Waals surface area (Å²) in [5.41, 5.74) is 10.8. The molecule has 17 heavy (non-hydrogen) atoms. The molecule has 1 amide bonds. The Balaban J connectivity index is 2.10. The normalized spacial score (nSPS) is 20.2. The summed E-state index contributed by atoms with van der Waals surface area (Å²) in [6.45, 7) is 1.99. The fraction of sp³-hybridized carbons (Fsp3) is 0.231. The molecule has 0 saturated heterocycles. The van der Waals surface area contributed by atoms with Crippen LogP contribution in [0, 0.1) is 5.92 Å². The summed E-state index contributed by atoms with van der Waals surface area (Å²) in [4.78, 5) is 11.1. The number of benzene rings is 1. The van der Waals surface area contributed by atoms with Crippen molar-refractivity contribution in [3.8, 4) is 0 Å². The molecule has 3 N–H and O–H groups in total. The van der Waals surface area contributed by atoms with E-state index >= 15 is 0 Å². The van der Waals surface area contributed by atoms with Crippen molar-refractivity contribution in [2.75, 3.05) is 5.73 Å². The highest BCUT2D eigenvalue weighted by Gasteiger charge is 2.17. The van der Waals surface area contributed by atoms with E-state index in [1.165, 1.54) is 0 Å². The monoisotopic (exact) mass is 229 g/mol. The maximum absolute atomic E-state index is 11.1. The minimum Gasteiger partial charge on any atom is -0.399 e. The van der Waals surface area contributed by atoms with Crippen molar-refractivity contribution in [2.45, 2.75) is 13.3 Å². The quantitative estimate of drug-likeness (QED) is 0.759. The van der Waals surface area contributed by atoms with Crippen molar-refractivity contribution in [3.05, 3.63) is 35.9 Å². The van der Waals surface area contributed by atoms with Crippen LogP contribution >= 0.6 is 0 Å². The smallest absolute Gasteiger partial charge is 0.240 e. The number of nitrogens with one attached hydrogen (secondary N) is 1. The Kier molecular flexibility index (Phi) is 3.23. The Morgan fingerprint density at radius 2 is 2.06 bits per heavy atom. The third kappa shape index (κ3) is 2.93. The fourth-order valence-corrected chi connectivity index (χ4v) is 1.66. The van der Waals surface area contributed by atoms with E-state index < -0.39 is 0 Å². The molecule has 1 unspecified atom stereocenters. The SMILES string of the molecule is CC1CC(=O)NN=C1/C=C/c1ccc(N)cc1. The highest BCUT2D eigenvalue weighted by Crippen LogP contribution is 2.12. The number of amides is 1. The van der Waals surface area contributed by atoms with Gasteiger partial charge in [0.25, 0.3) is 0 Å². The molecule has 0 saturated carbocycles. The molecule has 0 fully saturated rings. The van der Waals surface area contributed by atoms with Gasteiger partial charge in [-0.05, 0) is 23.8 Å². The molecule has 1 aromatic carbocycles. The van der Waals surface area contributed by atoms with Crippen molar-refractivity contribution in [1.29, 1.82) is 0 Å². The van der Waals surface area contributed by atoms with Gasteiger partial charge in [-0.25, -0.2) is 5.43 Å². The maximum atomic E-state index is 11.1. The lowest BCUT2D eigenvalue weighted by Crippen LogP contribution is -2.30. The Hall–Kier alpha value is -2.10. The first-order chi connectivity index (χ1) is 8.15. The highest BCUT2D eigenvalue weighted by molar-refractivity contribution is 6.03. The lowest BCUT2D eigenvalue weighted by atomic mass is 9.99. The van der Waals surface area contributed by atoms with E-state index in [0.717, 1.165) is 17.0 Å². The first-order valence-electron chi connectivity index (χ1n) is 5.55. The van der Waals surface area contributed by atoms with Crippen LogP contribution in [0.15, 0.2) is 35.4 Å². The molecule has 0 spiro atoms. The molecule has 1 aromatic rings. The molecular weight excluding hydrogens is 214 g/mol. The molecule has 1 heterocycles. The zero-order valence-electron chi connectivity index (χ0n) is 9.68. The zero-order chi connectivity index (χ0) is 12.3. The van der Waals surface area contributed by atoms with E-state index in [1.807, 2.05) is 43.3 Å². The van der Waals surface area contributed by atoms with Crippen LogP contribution in [0.2, 0.25) is 0 Å². The topological polar surface area (TPSA) is 67.5 Å². The van der Waals surface area contributed by atoms with E-state index in [0.29, 0.717) is 6.42 Å². The molecule has 0 aromatic heterocycles. The number of hydrogen-bond acceptors (Lipinski definition) is 3.